The van der Waals surface area contributed by atoms with Crippen LogP contribution in [0, 0.1) is 23.6 Å². The highest BCUT2D eigenvalue weighted by atomic mass is 19.1. The number of aliphatic hydroxyl groups is 1. The lowest BCUT2D eigenvalue weighted by molar-refractivity contribution is -0.130. The van der Waals surface area contributed by atoms with Gasteiger partial charge in [-0.25, -0.2) is 13.9 Å². The van der Waals surface area contributed by atoms with Crippen molar-refractivity contribution in [1.29, 1.82) is 0 Å². The van der Waals surface area contributed by atoms with E-state index in [1.54, 1.807) is 33.6 Å². The number of fused-ring (bicyclic) bond motifs is 1. The van der Waals surface area contributed by atoms with Gasteiger partial charge in [0.1, 0.15) is 24.2 Å². The quantitative estimate of drug-likeness (QED) is 0.226. The Hall–Kier alpha value is -3.97. The molecule has 2 aromatic rings. The number of rotatable bonds is 14. The van der Waals surface area contributed by atoms with Gasteiger partial charge in [0.05, 0.1) is 17.7 Å². The van der Waals surface area contributed by atoms with Crippen molar-refractivity contribution in [3.8, 4) is 0 Å². The molecule has 1 aromatic heterocycles. The number of hydrogen-bond donors (Lipinski definition) is 2. The lowest BCUT2D eigenvalue weighted by atomic mass is 9.86. The summed E-state index contributed by atoms with van der Waals surface area (Å²) in [6, 6.07) is 3.20. The molecular weight excluding hydrogens is 619 g/mol. The van der Waals surface area contributed by atoms with E-state index in [2.05, 4.69) is 15.6 Å². The Labute approximate surface area is 281 Å². The number of nitrogens with one attached hydrogen (secondary N) is 1. The minimum absolute atomic E-state index is 0.0116. The zero-order valence-corrected chi connectivity index (χ0v) is 28.4. The fraction of sp³-hybridized carbons (Fsp3) is 0.600. The molecule has 2 N–H and O–H groups in total. The second kappa shape index (κ2) is 17.4. The third kappa shape index (κ3) is 9.56. The van der Waals surface area contributed by atoms with Crippen LogP contribution in [0.1, 0.15) is 71.4 Å². The molecule has 0 spiro atoms. The van der Waals surface area contributed by atoms with E-state index in [4.69, 9.17) is 4.74 Å². The van der Waals surface area contributed by atoms with Crippen LogP contribution in [0.2, 0.25) is 0 Å². The Bertz CT molecular complexity index is 1480. The molecule has 3 heterocycles. The number of hydrogen-bond acceptors (Lipinski definition) is 9. The summed E-state index contributed by atoms with van der Waals surface area (Å²) < 4.78 is 22.9. The molecule has 2 amide bonds. The normalized spacial score (nSPS) is 19.6. The zero-order valence-electron chi connectivity index (χ0n) is 28.4. The third-order valence-corrected chi connectivity index (χ3v) is 9.54. The molecule has 0 bridgehead atoms. The van der Waals surface area contributed by atoms with Gasteiger partial charge in [-0.3, -0.25) is 4.79 Å². The number of carbonyl (C=O) groups excluding carboxylic acids is 4. The van der Waals surface area contributed by atoms with Crippen molar-refractivity contribution >= 4 is 41.7 Å². The first-order valence-corrected chi connectivity index (χ1v) is 16.9. The number of aldehydes is 2. The van der Waals surface area contributed by atoms with Gasteiger partial charge >= 0.3 is 6.09 Å². The van der Waals surface area contributed by atoms with Crippen LogP contribution in [0.15, 0.2) is 29.9 Å². The highest BCUT2D eigenvalue weighted by molar-refractivity contribution is 5.79. The van der Waals surface area contributed by atoms with E-state index < -0.39 is 30.0 Å². The number of aliphatic hydroxyl groups excluding tert-OH is 1. The number of ether oxygens (including phenoxy) is 1. The predicted octanol–water partition coefficient (Wildman–Crippen LogP) is 3.94. The molecule has 2 fully saturated rings. The van der Waals surface area contributed by atoms with Crippen molar-refractivity contribution in [3.63, 3.8) is 0 Å². The lowest BCUT2D eigenvalue weighted by Gasteiger charge is -2.31. The minimum Gasteiger partial charge on any atom is -0.442 e. The van der Waals surface area contributed by atoms with Gasteiger partial charge in [0, 0.05) is 58.5 Å². The number of carbonyl (C=O) groups is 4. The molecule has 0 radical (unpaired) electrons. The average molecular weight is 669 g/mol. The lowest BCUT2D eigenvalue weighted by Crippen LogP contribution is -2.47. The molecule has 0 aliphatic carbocycles. The van der Waals surface area contributed by atoms with Crippen molar-refractivity contribution in [2.75, 3.05) is 39.3 Å². The van der Waals surface area contributed by atoms with E-state index in [0.717, 1.165) is 11.9 Å². The van der Waals surface area contributed by atoms with E-state index in [-0.39, 0.29) is 35.7 Å². The standard InChI is InChI=1S/C35H49FN6O6/c1-23(6-8-33(24(2)5-7-29(46)11-18-43)48-35(47)41-16-12-37-13-17-41)30(22-44)25(3)19-27-20-31(36)34-32(21-27)42(39-38-34)28-9-14-40(15-10-28)26(4)45/h6,8,18-24,28-30,33,37,46H,5,7,9-17H2,1-4H3/b8-6+,25-19+/t23-,24-,29+,30-,33-/m0/s1. The molecular formula is C35H49FN6O6. The number of piperazine rings is 1. The Morgan fingerprint density at radius 3 is 2.42 bits per heavy atom. The van der Waals surface area contributed by atoms with Gasteiger partial charge < -0.3 is 34.5 Å². The molecule has 2 aliphatic heterocycles. The van der Waals surface area contributed by atoms with E-state index in [1.165, 1.54) is 6.07 Å². The molecule has 1 aromatic carbocycles. The Balaban J connectivity index is 1.50. The number of halogens is 1. The van der Waals surface area contributed by atoms with E-state index in [0.29, 0.717) is 82.3 Å². The summed E-state index contributed by atoms with van der Waals surface area (Å²) in [6.07, 6.45) is 7.57. The van der Waals surface area contributed by atoms with Gasteiger partial charge in [-0.05, 0) is 68.2 Å². The van der Waals surface area contributed by atoms with Crippen LogP contribution in [0.3, 0.4) is 0 Å². The van der Waals surface area contributed by atoms with Gasteiger partial charge in [0.25, 0.3) is 0 Å². The Morgan fingerprint density at radius 1 is 1.06 bits per heavy atom. The molecule has 12 nitrogen and oxygen atoms in total. The summed E-state index contributed by atoms with van der Waals surface area (Å²) in [5.74, 6) is -1.44. The van der Waals surface area contributed by atoms with Crippen LogP contribution in [-0.2, 0) is 19.1 Å². The summed E-state index contributed by atoms with van der Waals surface area (Å²) in [6.45, 7) is 10.9. The maximum absolute atomic E-state index is 15.2. The highest BCUT2D eigenvalue weighted by Crippen LogP contribution is 2.29. The number of likely N-dealkylation sites (tertiary alicyclic amines) is 1. The monoisotopic (exact) mass is 668 g/mol. The third-order valence-electron chi connectivity index (χ3n) is 9.54. The Morgan fingerprint density at radius 2 is 1.77 bits per heavy atom. The molecule has 4 rings (SSSR count). The first-order valence-electron chi connectivity index (χ1n) is 16.9. The molecule has 2 saturated heterocycles. The van der Waals surface area contributed by atoms with E-state index in [9.17, 15) is 24.3 Å². The van der Waals surface area contributed by atoms with Crippen LogP contribution in [-0.4, -0.2) is 106 Å². The number of nitrogens with zero attached hydrogens (tertiary/aromatic N) is 5. The number of aromatic nitrogens is 3. The van der Waals surface area contributed by atoms with Gasteiger partial charge in [0.2, 0.25) is 5.91 Å². The van der Waals surface area contributed by atoms with Crippen molar-refractivity contribution in [2.45, 2.75) is 78.0 Å². The summed E-state index contributed by atoms with van der Waals surface area (Å²) in [5.41, 5.74) is 2.05. The fourth-order valence-corrected chi connectivity index (χ4v) is 6.44. The van der Waals surface area contributed by atoms with Crippen LogP contribution >= 0.6 is 0 Å². The van der Waals surface area contributed by atoms with Crippen LogP contribution in [0.4, 0.5) is 9.18 Å². The van der Waals surface area contributed by atoms with Crippen molar-refractivity contribution in [2.24, 2.45) is 17.8 Å². The first kappa shape index (κ1) is 36.9. The van der Waals surface area contributed by atoms with Gasteiger partial charge in [-0.2, -0.15) is 0 Å². The summed E-state index contributed by atoms with van der Waals surface area (Å²) >= 11 is 0. The predicted molar refractivity (Wildman–Crippen MR) is 179 cm³/mol. The van der Waals surface area contributed by atoms with Crippen LogP contribution < -0.4 is 5.32 Å². The molecule has 0 unspecified atom stereocenters. The van der Waals surface area contributed by atoms with Gasteiger partial charge in [-0.15, -0.1) is 5.10 Å². The van der Waals surface area contributed by atoms with Crippen LogP contribution in [0.5, 0.6) is 0 Å². The van der Waals surface area contributed by atoms with Gasteiger partial charge in [0.15, 0.2) is 5.82 Å². The van der Waals surface area contributed by atoms with Gasteiger partial charge in [-0.1, -0.05) is 36.8 Å². The SMILES string of the molecule is CC(=O)N1CCC(n2nnc3c(F)cc(/C=C(\C)[C@@H](C=O)[C@@H](C)/C=C/[C@H](OC(=O)N4CCNCC4)[C@@H](C)CC[C@@H](O)CC=O)cc32)CC1. The molecule has 13 heteroatoms. The number of amides is 2. The maximum atomic E-state index is 15.2. The van der Waals surface area contributed by atoms with Crippen LogP contribution in [0.25, 0.3) is 17.1 Å². The second-order valence-electron chi connectivity index (χ2n) is 13.1. The van der Waals surface area contributed by atoms with Crippen molar-refractivity contribution in [1.82, 2.24) is 30.1 Å². The van der Waals surface area contributed by atoms with Crippen molar-refractivity contribution < 1.29 is 33.4 Å². The molecule has 5 atom stereocenters. The zero-order chi connectivity index (χ0) is 34.8. The van der Waals surface area contributed by atoms with Crippen molar-refractivity contribution in [3.05, 3.63) is 41.2 Å². The molecule has 0 saturated carbocycles. The topological polar surface area (TPSA) is 147 Å². The summed E-state index contributed by atoms with van der Waals surface area (Å²) in [4.78, 5) is 51.4. The molecule has 262 valence electrons. The summed E-state index contributed by atoms with van der Waals surface area (Å²) in [7, 11) is 0. The van der Waals surface area contributed by atoms with E-state index >= 15 is 4.39 Å². The largest absolute Gasteiger partial charge is 0.442 e. The summed E-state index contributed by atoms with van der Waals surface area (Å²) in [5, 5.41) is 21.6. The fourth-order valence-electron chi connectivity index (χ4n) is 6.44. The smallest absolute Gasteiger partial charge is 0.410 e. The minimum atomic E-state index is -0.761. The Kier molecular flexibility index (Phi) is 13.4. The van der Waals surface area contributed by atoms with E-state index in [1.807, 2.05) is 32.9 Å². The first-order chi connectivity index (χ1) is 23.0. The molecule has 2 aliphatic rings. The number of benzene rings is 1. The number of piperidine rings is 1. The molecule has 48 heavy (non-hydrogen) atoms. The number of allylic oxidation sites excluding steroid dienone is 2. The maximum Gasteiger partial charge on any atom is 0.410 e. The average Bonchev–Trinajstić information content (AvgIpc) is 3.51. The second-order valence-corrected chi connectivity index (χ2v) is 13.1. The highest BCUT2D eigenvalue weighted by Gasteiger charge is 2.27.